The van der Waals surface area contributed by atoms with E-state index in [4.69, 9.17) is 5.73 Å². The monoisotopic (exact) mass is 250 g/mol. The van der Waals surface area contributed by atoms with Crippen LogP contribution in [-0.2, 0) is 13.6 Å². The largest absolute Gasteiger partial charge is 0.328 e. The molecule has 0 aliphatic heterocycles. The fourth-order valence-electron chi connectivity index (χ4n) is 2.93. The molecule has 4 heteroatoms. The maximum absolute atomic E-state index is 6.00. The lowest BCUT2D eigenvalue weighted by Crippen LogP contribution is -2.40. The SMILES string of the molecule is CCCN(Cc1cnn(C)c1)C1CCC(N)CC1. The zero-order valence-corrected chi connectivity index (χ0v) is 11.7. The van der Waals surface area contributed by atoms with Gasteiger partial charge in [0.2, 0.25) is 0 Å². The molecule has 2 N–H and O–H groups in total. The van der Waals surface area contributed by atoms with Crippen molar-refractivity contribution in [1.29, 1.82) is 0 Å². The van der Waals surface area contributed by atoms with Gasteiger partial charge < -0.3 is 5.73 Å². The molecule has 1 aromatic rings. The highest BCUT2D eigenvalue weighted by atomic mass is 15.2. The van der Waals surface area contributed by atoms with Crippen LogP contribution in [0.1, 0.15) is 44.6 Å². The van der Waals surface area contributed by atoms with Crippen LogP contribution >= 0.6 is 0 Å². The van der Waals surface area contributed by atoms with Gasteiger partial charge in [0, 0.05) is 37.4 Å². The van der Waals surface area contributed by atoms with E-state index in [9.17, 15) is 0 Å². The molecular weight excluding hydrogens is 224 g/mol. The zero-order chi connectivity index (χ0) is 13.0. The van der Waals surface area contributed by atoms with Crippen molar-refractivity contribution in [2.24, 2.45) is 12.8 Å². The summed E-state index contributed by atoms with van der Waals surface area (Å²) >= 11 is 0. The second kappa shape index (κ2) is 6.34. The molecule has 0 atom stereocenters. The van der Waals surface area contributed by atoms with E-state index in [0.29, 0.717) is 12.1 Å². The molecule has 1 saturated carbocycles. The molecule has 2 rings (SSSR count). The molecule has 0 radical (unpaired) electrons. The summed E-state index contributed by atoms with van der Waals surface area (Å²) in [5, 5.41) is 4.26. The molecule has 18 heavy (non-hydrogen) atoms. The third kappa shape index (κ3) is 3.56. The summed E-state index contributed by atoms with van der Waals surface area (Å²) in [5.41, 5.74) is 7.32. The quantitative estimate of drug-likeness (QED) is 0.868. The van der Waals surface area contributed by atoms with Crippen LogP contribution in [-0.4, -0.2) is 33.3 Å². The van der Waals surface area contributed by atoms with Crippen molar-refractivity contribution < 1.29 is 0 Å². The van der Waals surface area contributed by atoms with E-state index in [2.05, 4.69) is 23.1 Å². The van der Waals surface area contributed by atoms with Crippen molar-refractivity contribution in [2.75, 3.05) is 6.54 Å². The smallest absolute Gasteiger partial charge is 0.0534 e. The van der Waals surface area contributed by atoms with Crippen LogP contribution in [0.4, 0.5) is 0 Å². The van der Waals surface area contributed by atoms with Crippen molar-refractivity contribution in [3.8, 4) is 0 Å². The molecule has 4 nitrogen and oxygen atoms in total. The molecule has 0 unspecified atom stereocenters. The van der Waals surface area contributed by atoms with E-state index in [1.807, 2.05) is 17.9 Å². The summed E-state index contributed by atoms with van der Waals surface area (Å²) in [6.07, 6.45) is 10.2. The summed E-state index contributed by atoms with van der Waals surface area (Å²) in [7, 11) is 1.98. The van der Waals surface area contributed by atoms with Gasteiger partial charge in [-0.15, -0.1) is 0 Å². The average molecular weight is 250 g/mol. The Morgan fingerprint density at radius 2 is 2.11 bits per heavy atom. The first-order valence-corrected chi connectivity index (χ1v) is 7.16. The summed E-state index contributed by atoms with van der Waals surface area (Å²) in [6.45, 7) is 4.46. The van der Waals surface area contributed by atoms with Gasteiger partial charge in [0.1, 0.15) is 0 Å². The number of hydrogen-bond donors (Lipinski definition) is 1. The topological polar surface area (TPSA) is 47.1 Å². The fraction of sp³-hybridized carbons (Fsp3) is 0.786. The summed E-state index contributed by atoms with van der Waals surface area (Å²) in [5.74, 6) is 0. The molecule has 0 amide bonds. The Balaban J connectivity index is 1.94. The van der Waals surface area contributed by atoms with Crippen LogP contribution < -0.4 is 5.73 Å². The normalized spacial score (nSPS) is 24.7. The van der Waals surface area contributed by atoms with E-state index < -0.39 is 0 Å². The van der Waals surface area contributed by atoms with Crippen LogP contribution in [0.25, 0.3) is 0 Å². The molecule has 0 aromatic carbocycles. The van der Waals surface area contributed by atoms with Gasteiger partial charge in [0.05, 0.1) is 6.20 Å². The number of aryl methyl sites for hydroxylation is 1. The summed E-state index contributed by atoms with van der Waals surface area (Å²) in [6, 6.07) is 1.15. The predicted molar refractivity (Wildman–Crippen MR) is 74.1 cm³/mol. The first-order chi connectivity index (χ1) is 8.69. The number of nitrogens with zero attached hydrogens (tertiary/aromatic N) is 3. The lowest BCUT2D eigenvalue weighted by molar-refractivity contribution is 0.142. The van der Waals surface area contributed by atoms with E-state index in [1.54, 1.807) is 0 Å². The third-order valence-electron chi connectivity index (χ3n) is 3.91. The average Bonchev–Trinajstić information content (AvgIpc) is 2.75. The van der Waals surface area contributed by atoms with Gasteiger partial charge in [0.15, 0.2) is 0 Å². The number of nitrogens with two attached hydrogens (primary N) is 1. The van der Waals surface area contributed by atoms with Crippen molar-refractivity contribution in [3.63, 3.8) is 0 Å². The first kappa shape index (κ1) is 13.6. The van der Waals surface area contributed by atoms with Gasteiger partial charge in [-0.2, -0.15) is 5.10 Å². The van der Waals surface area contributed by atoms with E-state index >= 15 is 0 Å². The van der Waals surface area contributed by atoms with Crippen molar-refractivity contribution >= 4 is 0 Å². The summed E-state index contributed by atoms with van der Waals surface area (Å²) in [4.78, 5) is 2.61. The van der Waals surface area contributed by atoms with Crippen LogP contribution in [0.5, 0.6) is 0 Å². The minimum Gasteiger partial charge on any atom is -0.328 e. The van der Waals surface area contributed by atoms with Crippen LogP contribution in [0.15, 0.2) is 12.4 Å². The lowest BCUT2D eigenvalue weighted by Gasteiger charge is -2.35. The first-order valence-electron chi connectivity index (χ1n) is 7.16. The van der Waals surface area contributed by atoms with Crippen molar-refractivity contribution in [3.05, 3.63) is 18.0 Å². The molecule has 0 saturated heterocycles. The zero-order valence-electron chi connectivity index (χ0n) is 11.7. The van der Waals surface area contributed by atoms with E-state index in [-0.39, 0.29) is 0 Å². The Labute approximate surface area is 110 Å². The van der Waals surface area contributed by atoms with Gasteiger partial charge >= 0.3 is 0 Å². The third-order valence-corrected chi connectivity index (χ3v) is 3.91. The van der Waals surface area contributed by atoms with E-state index in [0.717, 1.165) is 6.54 Å². The van der Waals surface area contributed by atoms with Crippen LogP contribution in [0.2, 0.25) is 0 Å². The standard InChI is InChI=1S/C14H26N4/c1-3-8-18(11-12-9-16-17(2)10-12)14-6-4-13(15)5-7-14/h9-10,13-14H,3-8,11,15H2,1-2H3. The Bertz CT molecular complexity index is 352. The van der Waals surface area contributed by atoms with Crippen LogP contribution in [0.3, 0.4) is 0 Å². The van der Waals surface area contributed by atoms with Gasteiger partial charge in [-0.3, -0.25) is 9.58 Å². The Hall–Kier alpha value is -0.870. The Morgan fingerprint density at radius 1 is 1.39 bits per heavy atom. The minimum absolute atomic E-state index is 0.433. The number of hydrogen-bond acceptors (Lipinski definition) is 3. The van der Waals surface area contributed by atoms with Gasteiger partial charge in [0.25, 0.3) is 0 Å². The number of aromatic nitrogens is 2. The maximum atomic E-state index is 6.00. The predicted octanol–water partition coefficient (Wildman–Crippen LogP) is 1.90. The second-order valence-electron chi connectivity index (χ2n) is 5.56. The van der Waals surface area contributed by atoms with Crippen LogP contribution in [0, 0.1) is 0 Å². The van der Waals surface area contributed by atoms with E-state index in [1.165, 1.54) is 44.2 Å². The molecule has 1 aromatic heterocycles. The van der Waals surface area contributed by atoms with Gasteiger partial charge in [-0.25, -0.2) is 0 Å². The molecule has 0 bridgehead atoms. The number of rotatable bonds is 5. The van der Waals surface area contributed by atoms with Crippen molar-refractivity contribution in [2.45, 2.75) is 57.7 Å². The molecule has 1 fully saturated rings. The maximum Gasteiger partial charge on any atom is 0.0534 e. The highest BCUT2D eigenvalue weighted by Gasteiger charge is 2.23. The molecule has 1 aliphatic carbocycles. The molecule has 1 aliphatic rings. The van der Waals surface area contributed by atoms with Crippen molar-refractivity contribution in [1.82, 2.24) is 14.7 Å². The highest BCUT2D eigenvalue weighted by molar-refractivity contribution is 5.04. The minimum atomic E-state index is 0.433. The van der Waals surface area contributed by atoms with Gasteiger partial charge in [-0.05, 0) is 38.6 Å². The lowest BCUT2D eigenvalue weighted by atomic mass is 9.90. The molecule has 0 spiro atoms. The van der Waals surface area contributed by atoms with Gasteiger partial charge in [-0.1, -0.05) is 6.92 Å². The fourth-order valence-corrected chi connectivity index (χ4v) is 2.93. The second-order valence-corrected chi connectivity index (χ2v) is 5.56. The highest BCUT2D eigenvalue weighted by Crippen LogP contribution is 2.23. The molecular formula is C14H26N4. The Kier molecular flexibility index (Phi) is 4.78. The Morgan fingerprint density at radius 3 is 2.67 bits per heavy atom. The summed E-state index contributed by atoms with van der Waals surface area (Å²) < 4.78 is 1.89. The molecule has 102 valence electrons. The molecule has 1 heterocycles.